The lowest BCUT2D eigenvalue weighted by Gasteiger charge is -2.22. The monoisotopic (exact) mass is 596 g/mol. The van der Waals surface area contributed by atoms with Gasteiger partial charge < -0.3 is 8.83 Å². The van der Waals surface area contributed by atoms with Crippen molar-refractivity contribution >= 4 is 43.8 Å². The first-order valence-electron chi connectivity index (χ1n) is 15.8. The molecule has 46 heavy (non-hydrogen) atoms. The molecule has 8 aromatic rings. The molecule has 0 aliphatic heterocycles. The largest absolute Gasteiger partial charge is 0.455 e. The Kier molecular flexibility index (Phi) is 6.51. The average molecular weight is 597 g/mol. The highest BCUT2D eigenvalue weighted by molar-refractivity contribution is 6.17. The van der Waals surface area contributed by atoms with Crippen molar-refractivity contribution < 1.29 is 8.83 Å². The van der Waals surface area contributed by atoms with E-state index in [1.165, 1.54) is 27.8 Å². The number of hydrogen-bond donors (Lipinski definition) is 0. The standard InChI is InChI=1S/C42H32N2O2/c1-24(2)34-21-29(27-10-6-5-7-11-27)22-35(25(3)4)38(34)32-13-9-15-37-41(32)46-42(44-37)33-14-8-12-30-31-19-18-28-17-16-26(23-43)20-36(28)40(31)45-39(30)33/h5-22,24-25H,1-4H3. The molecule has 4 nitrogen and oxygen atoms in total. The molecule has 0 spiro atoms. The minimum absolute atomic E-state index is 0.300. The molecule has 0 aliphatic carbocycles. The minimum Gasteiger partial charge on any atom is -0.455 e. The molecule has 0 N–H and O–H groups in total. The van der Waals surface area contributed by atoms with Crippen LogP contribution in [0.5, 0.6) is 0 Å². The number of para-hydroxylation sites is 2. The van der Waals surface area contributed by atoms with Gasteiger partial charge in [-0.1, -0.05) is 107 Å². The second kappa shape index (κ2) is 10.8. The van der Waals surface area contributed by atoms with Crippen molar-refractivity contribution in [3.8, 4) is 39.8 Å². The highest BCUT2D eigenvalue weighted by Crippen LogP contribution is 2.44. The maximum Gasteiger partial charge on any atom is 0.231 e. The Hall–Kier alpha value is -5.66. The van der Waals surface area contributed by atoms with E-state index in [9.17, 15) is 5.26 Å². The Morgan fingerprint density at radius 2 is 1.28 bits per heavy atom. The number of rotatable bonds is 5. The molecule has 6 aromatic carbocycles. The van der Waals surface area contributed by atoms with Gasteiger partial charge in [0.05, 0.1) is 17.2 Å². The summed E-state index contributed by atoms with van der Waals surface area (Å²) in [5.41, 5.74) is 11.8. The highest BCUT2D eigenvalue weighted by atomic mass is 16.4. The van der Waals surface area contributed by atoms with Crippen molar-refractivity contribution in [2.75, 3.05) is 0 Å². The summed E-state index contributed by atoms with van der Waals surface area (Å²) in [4.78, 5) is 5.02. The number of benzene rings is 6. The first-order valence-corrected chi connectivity index (χ1v) is 15.8. The Bertz CT molecular complexity index is 2460. The predicted molar refractivity (Wildman–Crippen MR) is 188 cm³/mol. The van der Waals surface area contributed by atoms with E-state index < -0.39 is 0 Å². The van der Waals surface area contributed by atoms with Gasteiger partial charge in [-0.15, -0.1) is 0 Å². The van der Waals surface area contributed by atoms with E-state index in [1.54, 1.807) is 0 Å². The van der Waals surface area contributed by atoms with Gasteiger partial charge in [-0.25, -0.2) is 4.98 Å². The van der Waals surface area contributed by atoms with E-state index in [-0.39, 0.29) is 0 Å². The van der Waals surface area contributed by atoms with Crippen LogP contribution in [-0.4, -0.2) is 4.98 Å². The van der Waals surface area contributed by atoms with Crippen LogP contribution >= 0.6 is 0 Å². The lowest BCUT2D eigenvalue weighted by Crippen LogP contribution is -2.01. The fourth-order valence-corrected chi connectivity index (χ4v) is 6.78. The van der Waals surface area contributed by atoms with Gasteiger partial charge >= 0.3 is 0 Å². The Morgan fingerprint density at radius 1 is 0.587 bits per heavy atom. The third-order valence-electron chi connectivity index (χ3n) is 9.08. The van der Waals surface area contributed by atoms with Crippen LogP contribution in [0.3, 0.4) is 0 Å². The maximum atomic E-state index is 9.53. The summed E-state index contributed by atoms with van der Waals surface area (Å²) in [5.74, 6) is 1.12. The summed E-state index contributed by atoms with van der Waals surface area (Å²) in [7, 11) is 0. The molecule has 0 unspecified atom stereocenters. The molecule has 2 heterocycles. The van der Waals surface area contributed by atoms with Gasteiger partial charge in [0, 0.05) is 21.7 Å². The number of fused-ring (bicyclic) bond motifs is 6. The lowest BCUT2D eigenvalue weighted by molar-refractivity contribution is 0.616. The molecule has 0 amide bonds. The molecule has 0 aliphatic rings. The second-order valence-corrected chi connectivity index (χ2v) is 12.7. The van der Waals surface area contributed by atoms with Crippen molar-refractivity contribution in [2.45, 2.75) is 39.5 Å². The molecule has 8 rings (SSSR count). The number of oxazole rings is 1. The molecule has 0 bridgehead atoms. The second-order valence-electron chi connectivity index (χ2n) is 12.7. The Morgan fingerprint density at radius 3 is 2.02 bits per heavy atom. The molecular weight excluding hydrogens is 564 g/mol. The highest BCUT2D eigenvalue weighted by Gasteiger charge is 2.23. The van der Waals surface area contributed by atoms with Crippen LogP contribution in [-0.2, 0) is 0 Å². The normalized spacial score (nSPS) is 11.8. The molecule has 0 saturated heterocycles. The third-order valence-corrected chi connectivity index (χ3v) is 9.08. The van der Waals surface area contributed by atoms with Crippen LogP contribution in [0.1, 0.15) is 56.2 Å². The van der Waals surface area contributed by atoms with Crippen molar-refractivity contribution in [2.24, 2.45) is 0 Å². The van der Waals surface area contributed by atoms with Crippen molar-refractivity contribution in [3.63, 3.8) is 0 Å². The van der Waals surface area contributed by atoms with E-state index in [2.05, 4.69) is 107 Å². The first-order chi connectivity index (χ1) is 22.4. The SMILES string of the molecule is CC(C)c1cc(-c2ccccc2)cc(C(C)C)c1-c1cccc2nc(-c3cccc4c3oc3c5cc(C#N)ccc5ccc43)oc12. The fraction of sp³-hybridized carbons (Fsp3) is 0.143. The van der Waals surface area contributed by atoms with Crippen LogP contribution in [0.2, 0.25) is 0 Å². The van der Waals surface area contributed by atoms with Gasteiger partial charge in [0.25, 0.3) is 0 Å². The zero-order valence-corrected chi connectivity index (χ0v) is 26.3. The first kappa shape index (κ1) is 27.9. The van der Waals surface area contributed by atoms with Crippen molar-refractivity contribution in [3.05, 3.63) is 126 Å². The molecule has 4 heteroatoms. The fourth-order valence-electron chi connectivity index (χ4n) is 6.78. The van der Waals surface area contributed by atoms with Crippen LogP contribution in [0, 0.1) is 11.3 Å². The van der Waals surface area contributed by atoms with E-state index in [0.717, 1.165) is 54.9 Å². The predicted octanol–water partition coefficient (Wildman–Crippen LogP) is 12.0. The minimum atomic E-state index is 0.300. The molecule has 0 atom stereocenters. The number of aromatic nitrogens is 1. The van der Waals surface area contributed by atoms with E-state index in [4.69, 9.17) is 13.8 Å². The van der Waals surface area contributed by atoms with Gasteiger partial charge in [-0.05, 0) is 75.4 Å². The third kappa shape index (κ3) is 4.39. The molecule has 222 valence electrons. The Labute approximate surface area is 267 Å². The number of furan rings is 1. The van der Waals surface area contributed by atoms with Gasteiger partial charge in [0.2, 0.25) is 5.89 Å². The van der Waals surface area contributed by atoms with E-state index >= 15 is 0 Å². The zero-order valence-electron chi connectivity index (χ0n) is 26.3. The summed E-state index contributed by atoms with van der Waals surface area (Å²) in [6.07, 6.45) is 0. The van der Waals surface area contributed by atoms with Crippen molar-refractivity contribution in [1.82, 2.24) is 4.98 Å². The van der Waals surface area contributed by atoms with Crippen LogP contribution < -0.4 is 0 Å². The smallest absolute Gasteiger partial charge is 0.231 e. The van der Waals surface area contributed by atoms with E-state index in [1.807, 2.05) is 36.4 Å². The van der Waals surface area contributed by atoms with Gasteiger partial charge in [0.15, 0.2) is 5.58 Å². The lowest BCUT2D eigenvalue weighted by atomic mass is 9.82. The topological polar surface area (TPSA) is 63.0 Å². The maximum absolute atomic E-state index is 9.53. The van der Waals surface area contributed by atoms with Gasteiger partial charge in [-0.3, -0.25) is 0 Å². The summed E-state index contributed by atoms with van der Waals surface area (Å²) in [6, 6.07) is 39.8. The Balaban J connectivity index is 1.35. The van der Waals surface area contributed by atoms with Crippen LogP contribution in [0.4, 0.5) is 0 Å². The number of nitrogens with zero attached hydrogens (tertiary/aromatic N) is 2. The average Bonchev–Trinajstić information content (AvgIpc) is 3.70. The number of hydrogen-bond acceptors (Lipinski definition) is 4. The summed E-state index contributed by atoms with van der Waals surface area (Å²) in [6.45, 7) is 9.04. The van der Waals surface area contributed by atoms with Crippen LogP contribution in [0.25, 0.3) is 77.5 Å². The molecule has 2 aromatic heterocycles. The van der Waals surface area contributed by atoms with Gasteiger partial charge in [-0.2, -0.15) is 5.26 Å². The van der Waals surface area contributed by atoms with Gasteiger partial charge in [0.1, 0.15) is 16.7 Å². The molecule has 0 saturated carbocycles. The summed E-state index contributed by atoms with van der Waals surface area (Å²) in [5, 5.41) is 13.5. The quantitative estimate of drug-likeness (QED) is 0.198. The zero-order chi connectivity index (χ0) is 31.5. The molecule has 0 fully saturated rings. The summed E-state index contributed by atoms with van der Waals surface area (Å²) < 4.78 is 13.3. The van der Waals surface area contributed by atoms with Crippen LogP contribution in [0.15, 0.2) is 118 Å². The molecular formula is C42H32N2O2. The molecule has 0 radical (unpaired) electrons. The number of nitriles is 1. The van der Waals surface area contributed by atoms with E-state index in [0.29, 0.717) is 23.3 Å². The summed E-state index contributed by atoms with van der Waals surface area (Å²) >= 11 is 0. The van der Waals surface area contributed by atoms with Crippen molar-refractivity contribution in [1.29, 1.82) is 5.26 Å².